The number of aryl methyl sites for hydroxylation is 1. The summed E-state index contributed by atoms with van der Waals surface area (Å²) in [6, 6.07) is 10.4. The van der Waals surface area contributed by atoms with Crippen LogP contribution in [0.15, 0.2) is 57.8 Å². The molecule has 7 heteroatoms. The molecular weight excluding hydrogens is 327 g/mol. The van der Waals surface area contributed by atoms with Gasteiger partial charge in [0.25, 0.3) is 10.0 Å². The first-order chi connectivity index (χ1) is 10.6. The molecule has 2 aromatic rings. The van der Waals surface area contributed by atoms with Crippen molar-refractivity contribution in [2.24, 2.45) is 4.40 Å². The Morgan fingerprint density at radius 3 is 1.96 bits per heavy atom. The predicted molar refractivity (Wildman–Crippen MR) is 82.0 cm³/mol. The van der Waals surface area contributed by atoms with Gasteiger partial charge in [-0.2, -0.15) is 26.0 Å². The van der Waals surface area contributed by atoms with Crippen LogP contribution < -0.4 is 0 Å². The van der Waals surface area contributed by atoms with Crippen LogP contribution in [0.5, 0.6) is 0 Å². The lowest BCUT2D eigenvalue weighted by atomic mass is 10.1. The van der Waals surface area contributed by atoms with Crippen LogP contribution in [0.25, 0.3) is 0 Å². The highest BCUT2D eigenvalue weighted by molar-refractivity contribution is 7.90. The smallest absolute Gasteiger partial charge is 0.199 e. The SMILES string of the molecule is C/C(=N/S(=O)(=O)c1ccc(C)cc1)c1ccc(C(F)(F)F)cc1. The Hall–Kier alpha value is -2.15. The highest BCUT2D eigenvalue weighted by Gasteiger charge is 2.30. The van der Waals surface area contributed by atoms with E-state index in [2.05, 4.69) is 4.40 Å². The van der Waals surface area contributed by atoms with Crippen molar-refractivity contribution in [3.63, 3.8) is 0 Å². The Labute approximate surface area is 132 Å². The summed E-state index contributed by atoms with van der Waals surface area (Å²) in [5.41, 5.74) is 0.552. The van der Waals surface area contributed by atoms with E-state index in [4.69, 9.17) is 0 Å². The van der Waals surface area contributed by atoms with Gasteiger partial charge in [-0.05, 0) is 43.7 Å². The van der Waals surface area contributed by atoms with Crippen molar-refractivity contribution >= 4 is 15.7 Å². The van der Waals surface area contributed by atoms with Gasteiger partial charge >= 0.3 is 6.18 Å². The lowest BCUT2D eigenvalue weighted by molar-refractivity contribution is -0.137. The van der Waals surface area contributed by atoms with E-state index in [9.17, 15) is 21.6 Å². The predicted octanol–water partition coefficient (Wildman–Crippen LogP) is 4.21. The molecule has 0 aromatic heterocycles. The molecule has 0 atom stereocenters. The average molecular weight is 341 g/mol. The summed E-state index contributed by atoms with van der Waals surface area (Å²) in [5.74, 6) is 0. The summed E-state index contributed by atoms with van der Waals surface area (Å²) in [7, 11) is -3.90. The Bertz CT molecular complexity index is 821. The molecular formula is C16H14F3NO2S. The summed E-state index contributed by atoms with van der Waals surface area (Å²) in [6.45, 7) is 3.27. The molecule has 0 saturated heterocycles. The Kier molecular flexibility index (Phi) is 4.61. The number of hydrogen-bond donors (Lipinski definition) is 0. The number of sulfonamides is 1. The molecule has 0 aliphatic carbocycles. The summed E-state index contributed by atoms with van der Waals surface area (Å²) in [5, 5.41) is 0. The van der Waals surface area contributed by atoms with Crippen LogP contribution in [0, 0.1) is 6.92 Å². The van der Waals surface area contributed by atoms with E-state index >= 15 is 0 Å². The summed E-state index contributed by atoms with van der Waals surface area (Å²) >= 11 is 0. The minimum Gasteiger partial charge on any atom is -0.199 e. The fraction of sp³-hybridized carbons (Fsp3) is 0.188. The van der Waals surface area contributed by atoms with Crippen molar-refractivity contribution in [1.82, 2.24) is 0 Å². The lowest BCUT2D eigenvalue weighted by Crippen LogP contribution is -2.06. The van der Waals surface area contributed by atoms with Crippen LogP contribution in [0.4, 0.5) is 13.2 Å². The van der Waals surface area contributed by atoms with Gasteiger partial charge in [0, 0.05) is 0 Å². The van der Waals surface area contributed by atoms with Crippen LogP contribution in [0.3, 0.4) is 0 Å². The van der Waals surface area contributed by atoms with E-state index in [0.717, 1.165) is 17.7 Å². The molecule has 0 amide bonds. The molecule has 0 N–H and O–H groups in total. The number of alkyl halides is 3. The first kappa shape index (κ1) is 17.2. The highest BCUT2D eigenvalue weighted by Crippen LogP contribution is 2.29. The second-order valence-electron chi connectivity index (χ2n) is 5.04. The van der Waals surface area contributed by atoms with Crippen LogP contribution >= 0.6 is 0 Å². The fourth-order valence-electron chi connectivity index (χ4n) is 1.90. The molecule has 0 radical (unpaired) electrons. The third kappa shape index (κ3) is 4.19. The molecule has 0 fully saturated rings. The van der Waals surface area contributed by atoms with E-state index in [-0.39, 0.29) is 10.6 Å². The molecule has 0 aliphatic rings. The Balaban J connectivity index is 2.33. The third-order valence-corrected chi connectivity index (χ3v) is 4.59. The van der Waals surface area contributed by atoms with Crippen molar-refractivity contribution < 1.29 is 21.6 Å². The largest absolute Gasteiger partial charge is 0.416 e. The van der Waals surface area contributed by atoms with Crippen LogP contribution in [-0.4, -0.2) is 14.1 Å². The standard InChI is InChI=1S/C16H14F3NO2S/c1-11-3-9-15(10-4-11)23(21,22)20-12(2)13-5-7-14(8-6-13)16(17,18)19/h3-10H,1-2H3/b20-12-. The van der Waals surface area contributed by atoms with Gasteiger partial charge in [0.2, 0.25) is 0 Å². The zero-order valence-corrected chi connectivity index (χ0v) is 13.2. The molecule has 3 nitrogen and oxygen atoms in total. The van der Waals surface area contributed by atoms with Gasteiger partial charge in [0.05, 0.1) is 16.2 Å². The number of nitrogens with zero attached hydrogens (tertiary/aromatic N) is 1. The molecule has 0 saturated carbocycles. The Morgan fingerprint density at radius 1 is 0.957 bits per heavy atom. The maximum absolute atomic E-state index is 12.5. The fourth-order valence-corrected chi connectivity index (χ4v) is 2.95. The van der Waals surface area contributed by atoms with E-state index < -0.39 is 21.8 Å². The minimum absolute atomic E-state index is 0.0364. The lowest BCUT2D eigenvalue weighted by Gasteiger charge is -2.07. The maximum Gasteiger partial charge on any atom is 0.416 e. The van der Waals surface area contributed by atoms with Gasteiger partial charge in [-0.3, -0.25) is 0 Å². The van der Waals surface area contributed by atoms with Gasteiger partial charge in [0.1, 0.15) is 0 Å². The van der Waals surface area contributed by atoms with Gasteiger partial charge < -0.3 is 0 Å². The normalized spacial score (nSPS) is 13.2. The Morgan fingerprint density at radius 2 is 1.48 bits per heavy atom. The minimum atomic E-state index is -4.43. The number of benzene rings is 2. The summed E-state index contributed by atoms with van der Waals surface area (Å²) in [6.07, 6.45) is -4.43. The van der Waals surface area contributed by atoms with Crippen LogP contribution in [0.2, 0.25) is 0 Å². The van der Waals surface area contributed by atoms with Crippen molar-refractivity contribution in [2.75, 3.05) is 0 Å². The number of rotatable bonds is 3. The second-order valence-corrected chi connectivity index (χ2v) is 6.64. The van der Waals surface area contributed by atoms with E-state index in [1.54, 1.807) is 12.1 Å². The van der Waals surface area contributed by atoms with Crippen LogP contribution in [0.1, 0.15) is 23.6 Å². The van der Waals surface area contributed by atoms with E-state index in [1.165, 1.54) is 31.2 Å². The third-order valence-electron chi connectivity index (χ3n) is 3.21. The monoisotopic (exact) mass is 341 g/mol. The zero-order valence-electron chi connectivity index (χ0n) is 12.4. The van der Waals surface area contributed by atoms with Gasteiger partial charge in [-0.15, -0.1) is 0 Å². The number of halogens is 3. The topological polar surface area (TPSA) is 46.5 Å². The van der Waals surface area contributed by atoms with Gasteiger partial charge in [-0.1, -0.05) is 29.8 Å². The summed E-state index contributed by atoms with van der Waals surface area (Å²) < 4.78 is 65.6. The van der Waals surface area contributed by atoms with Gasteiger partial charge in [0.15, 0.2) is 0 Å². The second kappa shape index (κ2) is 6.16. The average Bonchev–Trinajstić information content (AvgIpc) is 2.46. The van der Waals surface area contributed by atoms with Crippen molar-refractivity contribution in [3.05, 3.63) is 65.2 Å². The quantitative estimate of drug-likeness (QED) is 0.785. The molecule has 0 unspecified atom stereocenters. The molecule has 0 aliphatic heterocycles. The van der Waals surface area contributed by atoms with Gasteiger partial charge in [-0.25, -0.2) is 0 Å². The van der Waals surface area contributed by atoms with E-state index in [0.29, 0.717) is 5.56 Å². The zero-order chi connectivity index (χ0) is 17.3. The van der Waals surface area contributed by atoms with Crippen LogP contribution in [-0.2, 0) is 16.2 Å². The highest BCUT2D eigenvalue weighted by atomic mass is 32.2. The molecule has 0 spiro atoms. The molecule has 2 rings (SSSR count). The van der Waals surface area contributed by atoms with Crippen molar-refractivity contribution in [1.29, 1.82) is 0 Å². The van der Waals surface area contributed by atoms with Crippen molar-refractivity contribution in [3.8, 4) is 0 Å². The summed E-state index contributed by atoms with van der Waals surface area (Å²) in [4.78, 5) is 0.0364. The first-order valence-corrected chi connectivity index (χ1v) is 8.09. The number of hydrogen-bond acceptors (Lipinski definition) is 2. The molecule has 2 aromatic carbocycles. The first-order valence-electron chi connectivity index (χ1n) is 6.65. The molecule has 0 heterocycles. The maximum atomic E-state index is 12.5. The molecule has 122 valence electrons. The molecule has 0 bridgehead atoms. The van der Waals surface area contributed by atoms with E-state index in [1.807, 2.05) is 6.92 Å². The van der Waals surface area contributed by atoms with Crippen molar-refractivity contribution in [2.45, 2.75) is 24.9 Å². The molecule has 23 heavy (non-hydrogen) atoms.